The summed E-state index contributed by atoms with van der Waals surface area (Å²) in [4.78, 5) is 43.2. The van der Waals surface area contributed by atoms with Gasteiger partial charge in [0.05, 0.1) is 12.1 Å². The van der Waals surface area contributed by atoms with Crippen LogP contribution in [0.15, 0.2) is 24.4 Å². The molecule has 0 spiro atoms. The van der Waals surface area contributed by atoms with Crippen molar-refractivity contribution in [3.05, 3.63) is 35.9 Å². The minimum Gasteiger partial charge on any atom is -0.450 e. The second kappa shape index (κ2) is 8.10. The molecule has 1 saturated heterocycles. The molecule has 0 atom stereocenters. The van der Waals surface area contributed by atoms with Gasteiger partial charge in [-0.05, 0) is 44.7 Å². The lowest BCUT2D eigenvalue weighted by atomic mass is 10.1. The van der Waals surface area contributed by atoms with Gasteiger partial charge in [-0.15, -0.1) is 0 Å². The van der Waals surface area contributed by atoms with E-state index in [0.29, 0.717) is 38.1 Å². The predicted octanol–water partition coefficient (Wildman–Crippen LogP) is 1.58. The Bertz CT molecular complexity index is 928. The number of nitrogens with zero attached hydrogens (tertiary/aromatic N) is 3. The number of aromatic nitrogens is 2. The van der Waals surface area contributed by atoms with Gasteiger partial charge in [-0.2, -0.15) is 0 Å². The molecular formula is C20H25N5O4. The minimum atomic E-state index is -0.316. The topological polar surface area (TPSA) is 105 Å². The molecule has 2 aliphatic rings. The summed E-state index contributed by atoms with van der Waals surface area (Å²) in [7, 11) is 0. The Kier molecular flexibility index (Phi) is 5.37. The number of carbonyl (C=O) groups is 3. The maximum Gasteiger partial charge on any atom is 0.409 e. The Hall–Kier alpha value is -3.10. The number of piperidine rings is 1. The number of imidazole rings is 1. The summed E-state index contributed by atoms with van der Waals surface area (Å²) in [5, 5.41) is 5.92. The van der Waals surface area contributed by atoms with Gasteiger partial charge < -0.3 is 20.3 Å². The van der Waals surface area contributed by atoms with E-state index >= 15 is 0 Å². The van der Waals surface area contributed by atoms with E-state index in [1.165, 1.54) is 0 Å². The molecule has 2 fully saturated rings. The lowest BCUT2D eigenvalue weighted by molar-refractivity contribution is 0.0858. The van der Waals surface area contributed by atoms with Crippen LogP contribution in [0.1, 0.15) is 53.7 Å². The number of pyridine rings is 1. The minimum absolute atomic E-state index is 0.0580. The molecule has 4 rings (SSSR count). The Morgan fingerprint density at radius 3 is 2.45 bits per heavy atom. The molecule has 0 aromatic carbocycles. The molecule has 154 valence electrons. The van der Waals surface area contributed by atoms with Crippen LogP contribution in [-0.4, -0.2) is 64.0 Å². The summed E-state index contributed by atoms with van der Waals surface area (Å²) < 4.78 is 6.67. The normalized spacial score (nSPS) is 17.2. The average Bonchev–Trinajstić information content (AvgIpc) is 3.45. The fourth-order valence-electron chi connectivity index (χ4n) is 3.52. The number of amides is 3. The van der Waals surface area contributed by atoms with E-state index in [1.807, 2.05) is 6.07 Å². The van der Waals surface area contributed by atoms with Crippen LogP contribution in [0.25, 0.3) is 5.52 Å². The van der Waals surface area contributed by atoms with Crippen LogP contribution in [0.2, 0.25) is 0 Å². The first kappa shape index (κ1) is 19.2. The quantitative estimate of drug-likeness (QED) is 0.794. The van der Waals surface area contributed by atoms with Gasteiger partial charge in [-0.25, -0.2) is 9.78 Å². The highest BCUT2D eigenvalue weighted by Gasteiger charge is 2.29. The molecule has 29 heavy (non-hydrogen) atoms. The number of fused-ring (bicyclic) bond motifs is 1. The fraction of sp³-hybridized carbons (Fsp3) is 0.500. The summed E-state index contributed by atoms with van der Waals surface area (Å²) in [5.74, 6) is -0.362. The van der Waals surface area contributed by atoms with E-state index in [0.717, 1.165) is 12.8 Å². The number of likely N-dealkylation sites (tertiary alicyclic amines) is 1. The van der Waals surface area contributed by atoms with Crippen molar-refractivity contribution in [1.29, 1.82) is 0 Å². The molecule has 0 unspecified atom stereocenters. The first-order valence-electron chi connectivity index (χ1n) is 10.1. The molecule has 1 saturated carbocycles. The second-order valence-electron chi connectivity index (χ2n) is 7.42. The Labute approximate surface area is 168 Å². The van der Waals surface area contributed by atoms with Gasteiger partial charge in [0, 0.05) is 31.4 Å². The Balaban J connectivity index is 1.45. The van der Waals surface area contributed by atoms with E-state index in [4.69, 9.17) is 4.74 Å². The van der Waals surface area contributed by atoms with Gasteiger partial charge in [-0.1, -0.05) is 6.07 Å². The number of ether oxygens (including phenoxy) is 1. The molecule has 2 aromatic rings. The molecule has 2 aromatic heterocycles. The van der Waals surface area contributed by atoms with Crippen molar-refractivity contribution < 1.29 is 19.1 Å². The SMILES string of the molecule is CCOC(=O)N1CCC(NC(=O)c2nc(C(=O)NC3CC3)n3ccccc23)CC1. The zero-order valence-electron chi connectivity index (χ0n) is 16.4. The van der Waals surface area contributed by atoms with Crippen LogP contribution >= 0.6 is 0 Å². The van der Waals surface area contributed by atoms with Gasteiger partial charge in [0.2, 0.25) is 5.82 Å². The summed E-state index contributed by atoms with van der Waals surface area (Å²) in [6, 6.07) is 5.54. The average molecular weight is 399 g/mol. The second-order valence-corrected chi connectivity index (χ2v) is 7.42. The first-order valence-corrected chi connectivity index (χ1v) is 10.1. The first-order chi connectivity index (χ1) is 14.1. The summed E-state index contributed by atoms with van der Waals surface area (Å²) in [5.41, 5.74) is 0.828. The van der Waals surface area contributed by atoms with Crippen molar-refractivity contribution in [2.75, 3.05) is 19.7 Å². The highest BCUT2D eigenvalue weighted by molar-refractivity contribution is 6.02. The zero-order valence-corrected chi connectivity index (χ0v) is 16.4. The van der Waals surface area contributed by atoms with Crippen molar-refractivity contribution in [3.8, 4) is 0 Å². The molecule has 1 aliphatic heterocycles. The third-order valence-corrected chi connectivity index (χ3v) is 5.24. The highest BCUT2D eigenvalue weighted by Crippen LogP contribution is 2.20. The molecule has 9 nitrogen and oxygen atoms in total. The van der Waals surface area contributed by atoms with Crippen LogP contribution in [0.3, 0.4) is 0 Å². The Morgan fingerprint density at radius 1 is 1.07 bits per heavy atom. The standard InChI is InChI=1S/C20H25N5O4/c1-2-29-20(28)24-11-8-14(9-12-24)21-18(26)16-15-5-3-4-10-25(15)17(23-16)19(27)22-13-6-7-13/h3-5,10,13-14H,2,6-9,11-12H2,1H3,(H,21,26)(H,22,27). The molecule has 0 bridgehead atoms. The number of rotatable bonds is 5. The monoisotopic (exact) mass is 399 g/mol. The van der Waals surface area contributed by atoms with Crippen molar-refractivity contribution in [2.45, 2.75) is 44.7 Å². The van der Waals surface area contributed by atoms with Crippen molar-refractivity contribution in [1.82, 2.24) is 24.9 Å². The highest BCUT2D eigenvalue weighted by atomic mass is 16.6. The molecular weight excluding hydrogens is 374 g/mol. The van der Waals surface area contributed by atoms with E-state index in [-0.39, 0.29) is 41.5 Å². The summed E-state index contributed by atoms with van der Waals surface area (Å²) >= 11 is 0. The van der Waals surface area contributed by atoms with Crippen LogP contribution in [0.4, 0.5) is 4.79 Å². The lowest BCUT2D eigenvalue weighted by Crippen LogP contribution is -2.46. The number of nitrogens with one attached hydrogen (secondary N) is 2. The van der Waals surface area contributed by atoms with Crippen LogP contribution in [0.5, 0.6) is 0 Å². The molecule has 0 radical (unpaired) electrons. The largest absolute Gasteiger partial charge is 0.450 e. The summed E-state index contributed by atoms with van der Waals surface area (Å²) in [6.07, 6.45) is 4.67. The lowest BCUT2D eigenvalue weighted by Gasteiger charge is -2.31. The molecule has 1 aliphatic carbocycles. The van der Waals surface area contributed by atoms with E-state index in [1.54, 1.807) is 34.6 Å². The summed E-state index contributed by atoms with van der Waals surface area (Å²) in [6.45, 7) is 3.18. The van der Waals surface area contributed by atoms with Gasteiger partial charge in [0.15, 0.2) is 5.69 Å². The van der Waals surface area contributed by atoms with E-state index in [9.17, 15) is 14.4 Å². The van der Waals surface area contributed by atoms with Crippen molar-refractivity contribution in [3.63, 3.8) is 0 Å². The van der Waals surface area contributed by atoms with Crippen LogP contribution < -0.4 is 10.6 Å². The number of carbonyl (C=O) groups excluding carboxylic acids is 3. The van der Waals surface area contributed by atoms with E-state index < -0.39 is 0 Å². The Morgan fingerprint density at radius 2 is 1.76 bits per heavy atom. The maximum atomic E-state index is 12.9. The molecule has 9 heteroatoms. The van der Waals surface area contributed by atoms with Crippen LogP contribution in [-0.2, 0) is 4.74 Å². The van der Waals surface area contributed by atoms with Gasteiger partial charge >= 0.3 is 6.09 Å². The number of hydrogen-bond acceptors (Lipinski definition) is 5. The number of hydrogen-bond donors (Lipinski definition) is 2. The molecule has 3 heterocycles. The van der Waals surface area contributed by atoms with Gasteiger partial charge in [0.25, 0.3) is 11.8 Å². The van der Waals surface area contributed by atoms with Crippen molar-refractivity contribution in [2.24, 2.45) is 0 Å². The smallest absolute Gasteiger partial charge is 0.409 e. The maximum absolute atomic E-state index is 12.9. The van der Waals surface area contributed by atoms with Gasteiger partial charge in [0.1, 0.15) is 0 Å². The molecule has 3 amide bonds. The predicted molar refractivity (Wildman–Crippen MR) is 105 cm³/mol. The molecule has 2 N–H and O–H groups in total. The van der Waals surface area contributed by atoms with Crippen LogP contribution in [0, 0.1) is 0 Å². The zero-order chi connectivity index (χ0) is 20.4. The fourth-order valence-corrected chi connectivity index (χ4v) is 3.52. The van der Waals surface area contributed by atoms with E-state index in [2.05, 4.69) is 15.6 Å². The third kappa shape index (κ3) is 4.18. The third-order valence-electron chi connectivity index (χ3n) is 5.24. The van der Waals surface area contributed by atoms with Gasteiger partial charge in [-0.3, -0.25) is 14.0 Å². The van der Waals surface area contributed by atoms with Crippen molar-refractivity contribution >= 4 is 23.4 Å².